The summed E-state index contributed by atoms with van der Waals surface area (Å²) >= 11 is 0. The molecule has 0 bridgehead atoms. The maximum atomic E-state index is 14.2. The molecule has 6 aromatic heterocycles. The lowest BCUT2D eigenvalue weighted by molar-refractivity contribution is -0.138. The van der Waals surface area contributed by atoms with Crippen LogP contribution in [0.1, 0.15) is 81.8 Å². The number of carboxylic acid groups (broad SMARTS) is 2. The second kappa shape index (κ2) is 27.0. The van der Waals surface area contributed by atoms with E-state index in [1.807, 2.05) is 120 Å². The highest BCUT2D eigenvalue weighted by atomic mass is 16.5. The first-order valence-corrected chi connectivity index (χ1v) is 28.7. The van der Waals surface area contributed by atoms with Crippen LogP contribution in [0.3, 0.4) is 0 Å². The largest absolute Gasteiger partial charge is 0.494 e. The lowest BCUT2D eigenvalue weighted by atomic mass is 9.98. The van der Waals surface area contributed by atoms with Crippen LogP contribution in [-0.2, 0) is 27.4 Å². The van der Waals surface area contributed by atoms with Gasteiger partial charge in [-0.2, -0.15) is 0 Å². The number of nitrogens with zero attached hydrogens (tertiary/aromatic N) is 5. The van der Waals surface area contributed by atoms with Crippen LogP contribution < -0.4 is 32.0 Å². The molecule has 0 fully saturated rings. The van der Waals surface area contributed by atoms with Gasteiger partial charge in [-0.3, -0.25) is 28.8 Å². The van der Waals surface area contributed by atoms with E-state index in [1.165, 1.54) is 36.4 Å². The van der Waals surface area contributed by atoms with Crippen molar-refractivity contribution in [1.29, 1.82) is 0 Å². The summed E-state index contributed by atoms with van der Waals surface area (Å²) in [6.45, 7) is 6.60. The number of aliphatic hydroxyl groups is 1. The summed E-state index contributed by atoms with van der Waals surface area (Å²) in [7, 11) is 0. The molecular weight excluding hydrogens is 1110 g/mol. The zero-order chi connectivity index (χ0) is 61.3. The van der Waals surface area contributed by atoms with Crippen molar-refractivity contribution >= 4 is 56.3 Å². The van der Waals surface area contributed by atoms with Crippen molar-refractivity contribution in [2.45, 2.75) is 65.5 Å². The molecule has 0 aliphatic rings. The highest BCUT2D eigenvalue weighted by Gasteiger charge is 2.26. The van der Waals surface area contributed by atoms with Gasteiger partial charge in [-0.15, -0.1) is 0 Å². The average molecular weight is 1180 g/mol. The van der Waals surface area contributed by atoms with Crippen LogP contribution in [-0.4, -0.2) is 124 Å². The molecular formula is C66H65N7O14. The minimum absolute atomic E-state index is 0.0275. The van der Waals surface area contributed by atoms with Gasteiger partial charge in [0.2, 0.25) is 11.6 Å². The van der Waals surface area contributed by atoms with E-state index in [4.69, 9.17) is 14.2 Å². The fourth-order valence-electron chi connectivity index (χ4n) is 11.3. The quantitative estimate of drug-likeness (QED) is 0.0220. The molecule has 0 radical (unpaired) electrons. The van der Waals surface area contributed by atoms with Gasteiger partial charge in [0.25, 0.3) is 11.1 Å². The van der Waals surface area contributed by atoms with Crippen molar-refractivity contribution in [3.63, 3.8) is 0 Å². The van der Waals surface area contributed by atoms with E-state index in [2.05, 4.69) is 14.9 Å². The van der Waals surface area contributed by atoms with Crippen molar-refractivity contribution in [3.8, 4) is 33.8 Å². The third-order valence-corrected chi connectivity index (χ3v) is 15.5. The van der Waals surface area contributed by atoms with E-state index in [0.717, 1.165) is 114 Å². The summed E-state index contributed by atoms with van der Waals surface area (Å²) in [6, 6.07) is 35.7. The SMILES string of the molecule is Cc1c(-c2ccc(OCCCCCN(CCCCCOc3ccc(-c4c(C)c(C(=O)c5ccc6c(=O)n(CC(=O)O)c(=O)[nH]c6c5)n5ccccc45)cc3)CCOCCO)cc2)c2ccccn2c1C(=O)c1ccc2c(=O)n(CC(=O)O)c(=O)[nH]c2c1. The molecule has 0 aliphatic carbocycles. The van der Waals surface area contributed by atoms with Crippen LogP contribution in [0, 0.1) is 13.8 Å². The number of unbranched alkanes of at least 4 members (excludes halogenated alkanes) is 4. The smallest absolute Gasteiger partial charge is 0.329 e. The van der Waals surface area contributed by atoms with Gasteiger partial charge in [-0.25, -0.2) is 18.7 Å². The minimum atomic E-state index is -1.33. The standard InChI is InChI=1S/C66H65N7O14/c1-41-57(53-13-5-9-29-70(53)59(41)61(79)45-19-25-49-51(37-45)67-65(83)72(63(49)81)39-55(75)76)43-15-21-47(22-16-43)86-33-11-3-7-27-69(31-35-85-36-32-74)28-8-4-12-34-87-48-23-17-44(18-24-48)58-42(2)60(71-30-10-6-14-54(58)71)62(80)46-20-26-50-52(38-46)68-66(84)73(64(50)82)40-56(77)78/h5-6,9-10,13-26,29-30,37-38,74H,3-4,7-8,11-12,27-28,31-36,39-40H2,1-2H3,(H,67,83)(H,68,84)(H,75,76)(H,77,78). The monoisotopic (exact) mass is 1180 g/mol. The number of H-pyrrole nitrogens is 2. The molecule has 4 aromatic carbocycles. The molecule has 448 valence electrons. The van der Waals surface area contributed by atoms with Crippen molar-refractivity contribution in [2.75, 3.05) is 52.7 Å². The molecule has 5 N–H and O–H groups in total. The molecule has 0 atom stereocenters. The van der Waals surface area contributed by atoms with Gasteiger partial charge < -0.3 is 53.2 Å². The Labute approximate surface area is 496 Å². The highest BCUT2D eigenvalue weighted by molar-refractivity contribution is 6.14. The van der Waals surface area contributed by atoms with Crippen molar-refractivity contribution in [2.24, 2.45) is 0 Å². The number of rotatable bonds is 29. The van der Waals surface area contributed by atoms with Crippen LogP contribution in [0.5, 0.6) is 11.5 Å². The van der Waals surface area contributed by atoms with Crippen LogP contribution in [0.15, 0.2) is 153 Å². The Kier molecular flexibility index (Phi) is 18.6. The topological polar surface area (TPSA) is 278 Å². The first-order valence-electron chi connectivity index (χ1n) is 28.7. The molecule has 0 unspecified atom stereocenters. The van der Waals surface area contributed by atoms with Crippen molar-refractivity contribution in [1.82, 2.24) is 32.8 Å². The number of pyridine rings is 2. The number of aliphatic carboxylic acids is 2. The Morgan fingerprint density at radius 1 is 0.506 bits per heavy atom. The zero-order valence-corrected chi connectivity index (χ0v) is 48.1. The number of fused-ring (bicyclic) bond motifs is 4. The molecule has 21 nitrogen and oxygen atoms in total. The van der Waals surface area contributed by atoms with Gasteiger partial charge in [0.05, 0.1) is 77.3 Å². The van der Waals surface area contributed by atoms with Gasteiger partial charge in [0.1, 0.15) is 24.6 Å². The first kappa shape index (κ1) is 60.2. The number of ether oxygens (including phenoxy) is 3. The highest BCUT2D eigenvalue weighted by Crippen LogP contribution is 2.37. The third kappa shape index (κ3) is 13.2. The summed E-state index contributed by atoms with van der Waals surface area (Å²) < 4.78 is 22.8. The summed E-state index contributed by atoms with van der Waals surface area (Å²) in [5.74, 6) is -1.86. The lowest BCUT2D eigenvalue weighted by Crippen LogP contribution is -2.37. The maximum Gasteiger partial charge on any atom is 0.329 e. The lowest BCUT2D eigenvalue weighted by Gasteiger charge is -2.22. The van der Waals surface area contributed by atoms with Gasteiger partial charge in [-0.1, -0.05) is 48.5 Å². The summed E-state index contributed by atoms with van der Waals surface area (Å²) in [6.07, 6.45) is 9.21. The van der Waals surface area contributed by atoms with E-state index >= 15 is 0 Å². The number of nitrogens with one attached hydrogen (secondary N) is 2. The number of benzene rings is 4. The van der Waals surface area contributed by atoms with Crippen LogP contribution in [0.2, 0.25) is 0 Å². The number of aliphatic hydroxyl groups excluding tert-OH is 1. The average Bonchev–Trinajstić information content (AvgIpc) is 1.76. The second-order valence-corrected chi connectivity index (χ2v) is 21.3. The Hall–Kier alpha value is -9.96. The van der Waals surface area contributed by atoms with Crippen LogP contribution >= 0.6 is 0 Å². The third-order valence-electron chi connectivity index (χ3n) is 15.5. The molecule has 0 spiro atoms. The molecule has 0 aliphatic heterocycles. The van der Waals surface area contributed by atoms with E-state index < -0.39 is 47.5 Å². The number of hydrogen-bond donors (Lipinski definition) is 5. The molecule has 6 heterocycles. The molecule has 10 rings (SSSR count). The predicted molar refractivity (Wildman–Crippen MR) is 328 cm³/mol. The Morgan fingerprint density at radius 3 is 1.36 bits per heavy atom. The molecule has 0 saturated heterocycles. The van der Waals surface area contributed by atoms with E-state index in [1.54, 1.807) is 0 Å². The van der Waals surface area contributed by atoms with Crippen molar-refractivity contribution < 1.29 is 48.7 Å². The zero-order valence-electron chi connectivity index (χ0n) is 48.1. The fraction of sp³-hybridized carbons (Fsp3) is 0.273. The second-order valence-electron chi connectivity index (χ2n) is 21.3. The fourth-order valence-corrected chi connectivity index (χ4v) is 11.3. The summed E-state index contributed by atoms with van der Waals surface area (Å²) in [5.41, 5.74) is 4.93. The minimum Gasteiger partial charge on any atom is -0.494 e. The van der Waals surface area contributed by atoms with Crippen LogP contribution in [0.4, 0.5) is 0 Å². The van der Waals surface area contributed by atoms with Crippen molar-refractivity contribution in [3.05, 3.63) is 209 Å². The number of carboxylic acids is 2. The number of ketones is 2. The number of aromatic nitrogens is 6. The molecule has 10 aromatic rings. The number of carbonyl (C=O) groups is 4. The molecule has 87 heavy (non-hydrogen) atoms. The molecule has 0 amide bonds. The molecule has 21 heteroatoms. The molecule has 0 saturated carbocycles. The van der Waals surface area contributed by atoms with Gasteiger partial charge in [-0.05, 0) is 161 Å². The summed E-state index contributed by atoms with van der Waals surface area (Å²) in [5, 5.41) is 27.8. The van der Waals surface area contributed by atoms with E-state index in [-0.39, 0.29) is 51.1 Å². The first-order chi connectivity index (χ1) is 42.1. The van der Waals surface area contributed by atoms with E-state index in [0.29, 0.717) is 46.9 Å². The Morgan fingerprint density at radius 2 is 0.943 bits per heavy atom. The van der Waals surface area contributed by atoms with Gasteiger partial charge in [0, 0.05) is 41.2 Å². The normalized spacial score (nSPS) is 11.6. The van der Waals surface area contributed by atoms with E-state index in [9.17, 15) is 53.7 Å². The van der Waals surface area contributed by atoms with Gasteiger partial charge in [0.15, 0.2) is 0 Å². The van der Waals surface area contributed by atoms with Gasteiger partial charge >= 0.3 is 23.3 Å². The number of hydrogen-bond acceptors (Lipinski definition) is 13. The Bertz CT molecular complexity index is 4200. The number of aromatic amines is 2. The Balaban J connectivity index is 0.689. The predicted octanol–water partition coefficient (Wildman–Crippen LogP) is 7.89. The maximum absolute atomic E-state index is 14.2. The number of carbonyl (C=O) groups excluding carboxylic acids is 2. The van der Waals surface area contributed by atoms with Crippen LogP contribution in [0.25, 0.3) is 55.1 Å². The summed E-state index contributed by atoms with van der Waals surface area (Å²) in [4.78, 5) is 110.